The van der Waals surface area contributed by atoms with Gasteiger partial charge in [-0.3, -0.25) is 4.98 Å². The summed E-state index contributed by atoms with van der Waals surface area (Å²) < 4.78 is 37.0. The molecule has 0 aliphatic rings. The number of carbonyl (C=O) groups is 1. The van der Waals surface area contributed by atoms with Gasteiger partial charge in [-0.15, -0.1) is 0 Å². The first-order valence-electron chi connectivity index (χ1n) is 5.22. The summed E-state index contributed by atoms with van der Waals surface area (Å²) in [5.74, 6) is -1.17. The number of hydrogen-bond acceptors (Lipinski definition) is 5. The second-order valence-corrected chi connectivity index (χ2v) is 3.65. The van der Waals surface area contributed by atoms with Crippen LogP contribution in [0.3, 0.4) is 0 Å². The molecule has 0 aliphatic carbocycles. The summed E-state index contributed by atoms with van der Waals surface area (Å²) in [5, 5.41) is 11.3. The highest BCUT2D eigenvalue weighted by Crippen LogP contribution is 2.28. The van der Waals surface area contributed by atoms with Crippen molar-refractivity contribution in [2.24, 2.45) is 0 Å². The van der Waals surface area contributed by atoms with E-state index in [0.717, 1.165) is 24.5 Å². The number of aromatic nitrogens is 3. The van der Waals surface area contributed by atoms with Crippen LogP contribution >= 0.6 is 0 Å². The van der Waals surface area contributed by atoms with Crippen molar-refractivity contribution in [3.8, 4) is 0 Å². The molecule has 2 N–H and O–H groups in total. The van der Waals surface area contributed by atoms with Crippen LogP contribution in [0.25, 0.3) is 0 Å². The van der Waals surface area contributed by atoms with Gasteiger partial charge in [0.1, 0.15) is 11.5 Å². The average Bonchev–Trinajstić information content (AvgIpc) is 2.38. The molecular formula is C11H7F3N4O2. The van der Waals surface area contributed by atoms with Gasteiger partial charge in [0.25, 0.3) is 0 Å². The van der Waals surface area contributed by atoms with Crippen molar-refractivity contribution < 1.29 is 23.1 Å². The third-order valence-corrected chi connectivity index (χ3v) is 2.18. The second-order valence-electron chi connectivity index (χ2n) is 3.65. The predicted molar refractivity (Wildman–Crippen MR) is 61.5 cm³/mol. The Hall–Kier alpha value is -2.71. The lowest BCUT2D eigenvalue weighted by molar-refractivity contribution is -0.141. The number of carboxylic acids is 1. The van der Waals surface area contributed by atoms with E-state index in [1.807, 2.05) is 0 Å². The van der Waals surface area contributed by atoms with Crippen LogP contribution in [0.5, 0.6) is 0 Å². The van der Waals surface area contributed by atoms with E-state index in [0.29, 0.717) is 0 Å². The van der Waals surface area contributed by atoms with Crippen LogP contribution in [0, 0.1) is 0 Å². The molecule has 9 heteroatoms. The molecular weight excluding hydrogens is 277 g/mol. The van der Waals surface area contributed by atoms with Gasteiger partial charge in [0.2, 0.25) is 0 Å². The van der Waals surface area contributed by atoms with Gasteiger partial charge >= 0.3 is 12.1 Å². The predicted octanol–water partition coefficient (Wildman–Crippen LogP) is 2.33. The number of anilines is 2. The van der Waals surface area contributed by atoms with E-state index < -0.39 is 17.8 Å². The van der Waals surface area contributed by atoms with Gasteiger partial charge in [-0.05, 0) is 12.1 Å². The Labute approximate surface area is 110 Å². The lowest BCUT2D eigenvalue weighted by Crippen LogP contribution is -2.08. The summed E-state index contributed by atoms with van der Waals surface area (Å²) >= 11 is 0. The van der Waals surface area contributed by atoms with Crippen molar-refractivity contribution in [3.63, 3.8) is 0 Å². The van der Waals surface area contributed by atoms with Gasteiger partial charge in [-0.1, -0.05) is 0 Å². The van der Waals surface area contributed by atoms with Crippen molar-refractivity contribution >= 4 is 17.5 Å². The topological polar surface area (TPSA) is 88.0 Å². The number of rotatable bonds is 3. The van der Waals surface area contributed by atoms with E-state index in [2.05, 4.69) is 20.3 Å². The van der Waals surface area contributed by atoms with E-state index in [1.165, 1.54) is 6.20 Å². The summed E-state index contributed by atoms with van der Waals surface area (Å²) in [6.45, 7) is 0. The highest BCUT2D eigenvalue weighted by Gasteiger charge is 2.32. The van der Waals surface area contributed by atoms with Crippen LogP contribution in [0.2, 0.25) is 0 Å². The van der Waals surface area contributed by atoms with E-state index in [9.17, 15) is 18.0 Å². The number of hydrogen-bond donors (Lipinski definition) is 2. The van der Waals surface area contributed by atoms with E-state index >= 15 is 0 Å². The largest absolute Gasteiger partial charge is 0.476 e. The highest BCUT2D eigenvalue weighted by molar-refractivity contribution is 5.85. The maximum absolute atomic E-state index is 12.3. The Morgan fingerprint density at radius 3 is 2.50 bits per heavy atom. The van der Waals surface area contributed by atoms with Crippen LogP contribution in [-0.2, 0) is 6.18 Å². The molecule has 2 heterocycles. The van der Waals surface area contributed by atoms with Crippen molar-refractivity contribution in [1.29, 1.82) is 0 Å². The number of carboxylic acid groups (broad SMARTS) is 1. The Balaban J connectivity index is 2.18. The quantitative estimate of drug-likeness (QED) is 0.899. The fourth-order valence-corrected chi connectivity index (χ4v) is 1.31. The number of nitrogens with zero attached hydrogens (tertiary/aromatic N) is 3. The minimum Gasteiger partial charge on any atom is -0.476 e. The van der Waals surface area contributed by atoms with Gasteiger partial charge in [-0.2, -0.15) is 13.2 Å². The lowest BCUT2D eigenvalue weighted by atomic mass is 10.3. The molecule has 20 heavy (non-hydrogen) atoms. The molecule has 0 radical (unpaired) electrons. The smallest absolute Gasteiger partial charge is 0.433 e. The van der Waals surface area contributed by atoms with Crippen molar-refractivity contribution in [1.82, 2.24) is 15.0 Å². The first-order chi connectivity index (χ1) is 9.36. The van der Waals surface area contributed by atoms with Crippen molar-refractivity contribution in [3.05, 3.63) is 42.1 Å². The van der Waals surface area contributed by atoms with Gasteiger partial charge in [0.05, 0.1) is 24.3 Å². The van der Waals surface area contributed by atoms with Crippen molar-refractivity contribution in [2.45, 2.75) is 6.18 Å². The second kappa shape index (κ2) is 5.11. The number of nitrogens with one attached hydrogen (secondary N) is 1. The normalized spacial score (nSPS) is 11.2. The Bertz CT molecular complexity index is 628. The number of pyridine rings is 1. The van der Waals surface area contributed by atoms with Crippen molar-refractivity contribution in [2.75, 3.05) is 5.32 Å². The summed E-state index contributed by atoms with van der Waals surface area (Å²) in [5.41, 5.74) is -1.07. The fraction of sp³-hybridized carbons (Fsp3) is 0.0909. The van der Waals surface area contributed by atoms with Crippen LogP contribution in [0.1, 0.15) is 16.2 Å². The third-order valence-electron chi connectivity index (χ3n) is 2.18. The third kappa shape index (κ3) is 3.19. The van der Waals surface area contributed by atoms with Gasteiger partial charge in [0, 0.05) is 0 Å². The SMILES string of the molecule is O=C(O)c1cncc(Nc2ccc(C(F)(F)F)nc2)n1. The molecule has 6 nitrogen and oxygen atoms in total. The van der Waals surface area contributed by atoms with E-state index in [1.54, 1.807) is 0 Å². The molecule has 104 valence electrons. The van der Waals surface area contributed by atoms with E-state index in [4.69, 9.17) is 5.11 Å². The van der Waals surface area contributed by atoms with Crippen LogP contribution < -0.4 is 5.32 Å². The molecule has 0 spiro atoms. The van der Waals surface area contributed by atoms with E-state index in [-0.39, 0.29) is 17.2 Å². The Kier molecular flexibility index (Phi) is 3.51. The molecule has 0 aromatic carbocycles. The molecule has 0 saturated carbocycles. The maximum Gasteiger partial charge on any atom is 0.433 e. The number of halogens is 3. The van der Waals surface area contributed by atoms with Gasteiger partial charge < -0.3 is 10.4 Å². The minimum absolute atomic E-state index is 0.0893. The molecule has 0 unspecified atom stereocenters. The van der Waals surface area contributed by atoms with Crippen LogP contribution in [0.4, 0.5) is 24.7 Å². The molecule has 0 fully saturated rings. The highest BCUT2D eigenvalue weighted by atomic mass is 19.4. The Morgan fingerprint density at radius 2 is 1.95 bits per heavy atom. The van der Waals surface area contributed by atoms with Gasteiger partial charge in [-0.25, -0.2) is 14.8 Å². The molecule has 0 aliphatic heterocycles. The monoisotopic (exact) mass is 284 g/mol. The Morgan fingerprint density at radius 1 is 1.20 bits per heavy atom. The van der Waals surface area contributed by atoms with Crippen LogP contribution in [-0.4, -0.2) is 26.0 Å². The molecule has 0 atom stereocenters. The van der Waals surface area contributed by atoms with Crippen LogP contribution in [0.15, 0.2) is 30.7 Å². The summed E-state index contributed by atoms with van der Waals surface area (Å²) in [6, 6.07) is 1.96. The average molecular weight is 284 g/mol. The molecule has 2 aromatic rings. The lowest BCUT2D eigenvalue weighted by Gasteiger charge is -2.08. The summed E-state index contributed by atoms with van der Waals surface area (Å²) in [7, 11) is 0. The molecule has 0 bridgehead atoms. The summed E-state index contributed by atoms with van der Waals surface area (Å²) in [4.78, 5) is 21.3. The first-order valence-corrected chi connectivity index (χ1v) is 5.22. The standard InChI is InChI=1S/C11H7F3N4O2/c12-11(13,14)8-2-1-6(3-16-8)17-9-5-15-4-7(18-9)10(19)20/h1-5H,(H,17,18)(H,19,20). The fourth-order valence-electron chi connectivity index (χ4n) is 1.31. The summed E-state index contributed by atoms with van der Waals surface area (Å²) in [6.07, 6.45) is -1.25. The minimum atomic E-state index is -4.51. The number of aromatic carboxylic acids is 1. The van der Waals surface area contributed by atoms with Gasteiger partial charge in [0.15, 0.2) is 5.69 Å². The molecule has 2 aromatic heterocycles. The molecule has 0 amide bonds. The maximum atomic E-state index is 12.3. The molecule has 0 saturated heterocycles. The first kappa shape index (κ1) is 13.7. The zero-order chi connectivity index (χ0) is 14.8. The molecule has 2 rings (SSSR count). The zero-order valence-corrected chi connectivity index (χ0v) is 9.72. The number of alkyl halides is 3. The zero-order valence-electron chi connectivity index (χ0n) is 9.72.